The van der Waals surface area contributed by atoms with Gasteiger partial charge in [-0.15, -0.1) is 0 Å². The molecule has 5 nitrogen and oxygen atoms in total. The SMILES string of the molecule is COC(=O)c1cncc(NCc2ccc(F)cc2)n1. The molecule has 1 heterocycles. The van der Waals surface area contributed by atoms with Gasteiger partial charge in [0.05, 0.1) is 19.5 Å². The first-order chi connectivity index (χ1) is 9.19. The average Bonchev–Trinajstić information content (AvgIpc) is 2.46. The molecular formula is C13H12FN3O2. The zero-order chi connectivity index (χ0) is 13.7. The number of aromatic nitrogens is 2. The van der Waals surface area contributed by atoms with Crippen molar-refractivity contribution in [2.75, 3.05) is 12.4 Å². The lowest BCUT2D eigenvalue weighted by Gasteiger charge is -2.06. The number of esters is 1. The first-order valence-electron chi connectivity index (χ1n) is 5.57. The third kappa shape index (κ3) is 3.48. The van der Waals surface area contributed by atoms with Crippen molar-refractivity contribution in [1.82, 2.24) is 9.97 Å². The Hall–Kier alpha value is -2.50. The molecule has 0 bridgehead atoms. The fourth-order valence-electron chi connectivity index (χ4n) is 1.45. The summed E-state index contributed by atoms with van der Waals surface area (Å²) in [5.74, 6) is -0.374. The summed E-state index contributed by atoms with van der Waals surface area (Å²) >= 11 is 0. The minimum atomic E-state index is -0.544. The number of hydrogen-bond acceptors (Lipinski definition) is 5. The van der Waals surface area contributed by atoms with Gasteiger partial charge in [-0.05, 0) is 17.7 Å². The molecule has 1 aromatic carbocycles. The van der Waals surface area contributed by atoms with Crippen molar-refractivity contribution in [3.63, 3.8) is 0 Å². The second kappa shape index (κ2) is 5.90. The van der Waals surface area contributed by atoms with Crippen LogP contribution >= 0.6 is 0 Å². The number of carbonyl (C=O) groups is 1. The zero-order valence-electron chi connectivity index (χ0n) is 10.3. The van der Waals surface area contributed by atoms with Crippen LogP contribution in [-0.4, -0.2) is 23.0 Å². The van der Waals surface area contributed by atoms with Gasteiger partial charge in [-0.25, -0.2) is 14.2 Å². The molecule has 0 fully saturated rings. The molecule has 19 heavy (non-hydrogen) atoms. The van der Waals surface area contributed by atoms with E-state index in [2.05, 4.69) is 20.0 Å². The minimum Gasteiger partial charge on any atom is -0.464 e. The van der Waals surface area contributed by atoms with Crippen molar-refractivity contribution >= 4 is 11.8 Å². The Morgan fingerprint density at radius 2 is 2.05 bits per heavy atom. The number of hydrogen-bond donors (Lipinski definition) is 1. The third-order valence-electron chi connectivity index (χ3n) is 2.42. The van der Waals surface area contributed by atoms with Crippen LogP contribution in [0.3, 0.4) is 0 Å². The van der Waals surface area contributed by atoms with Crippen molar-refractivity contribution in [2.45, 2.75) is 6.54 Å². The fourth-order valence-corrected chi connectivity index (χ4v) is 1.45. The van der Waals surface area contributed by atoms with E-state index in [4.69, 9.17) is 0 Å². The van der Waals surface area contributed by atoms with E-state index in [-0.39, 0.29) is 11.5 Å². The summed E-state index contributed by atoms with van der Waals surface area (Å²) in [5, 5.41) is 3.00. The summed E-state index contributed by atoms with van der Waals surface area (Å²) in [7, 11) is 1.28. The van der Waals surface area contributed by atoms with E-state index in [1.807, 2.05) is 0 Å². The summed E-state index contributed by atoms with van der Waals surface area (Å²) < 4.78 is 17.3. The molecule has 6 heteroatoms. The molecule has 2 aromatic rings. The second-order valence-corrected chi connectivity index (χ2v) is 3.76. The predicted molar refractivity (Wildman–Crippen MR) is 67.1 cm³/mol. The molecule has 0 aliphatic carbocycles. The van der Waals surface area contributed by atoms with Crippen molar-refractivity contribution in [1.29, 1.82) is 0 Å². The zero-order valence-corrected chi connectivity index (χ0v) is 10.3. The lowest BCUT2D eigenvalue weighted by molar-refractivity contribution is 0.0593. The normalized spacial score (nSPS) is 10.0. The number of nitrogens with one attached hydrogen (secondary N) is 1. The number of halogens is 1. The van der Waals surface area contributed by atoms with Crippen LogP contribution in [0.15, 0.2) is 36.7 Å². The van der Waals surface area contributed by atoms with E-state index >= 15 is 0 Å². The van der Waals surface area contributed by atoms with Gasteiger partial charge in [0.2, 0.25) is 0 Å². The Kier molecular flexibility index (Phi) is 4.02. The summed E-state index contributed by atoms with van der Waals surface area (Å²) in [4.78, 5) is 19.2. The minimum absolute atomic E-state index is 0.131. The Morgan fingerprint density at radius 3 is 2.74 bits per heavy atom. The molecule has 0 unspecified atom stereocenters. The molecule has 0 saturated carbocycles. The molecule has 98 valence electrons. The maximum absolute atomic E-state index is 12.7. The van der Waals surface area contributed by atoms with Gasteiger partial charge in [0.1, 0.15) is 11.6 Å². The van der Waals surface area contributed by atoms with Gasteiger partial charge in [-0.3, -0.25) is 4.98 Å². The van der Waals surface area contributed by atoms with Crippen molar-refractivity contribution in [3.05, 3.63) is 53.7 Å². The average molecular weight is 261 g/mol. The highest BCUT2D eigenvalue weighted by atomic mass is 19.1. The molecule has 0 spiro atoms. The molecule has 1 N–H and O–H groups in total. The van der Waals surface area contributed by atoms with Gasteiger partial charge in [-0.2, -0.15) is 0 Å². The Morgan fingerprint density at radius 1 is 1.32 bits per heavy atom. The lowest BCUT2D eigenvalue weighted by atomic mass is 10.2. The maximum atomic E-state index is 12.7. The van der Waals surface area contributed by atoms with Crippen LogP contribution in [0, 0.1) is 5.82 Å². The van der Waals surface area contributed by atoms with Crippen LogP contribution < -0.4 is 5.32 Å². The lowest BCUT2D eigenvalue weighted by Crippen LogP contribution is -2.08. The van der Waals surface area contributed by atoms with Gasteiger partial charge in [-0.1, -0.05) is 12.1 Å². The number of nitrogens with zero attached hydrogens (tertiary/aromatic N) is 2. The highest BCUT2D eigenvalue weighted by molar-refractivity contribution is 5.87. The van der Waals surface area contributed by atoms with Gasteiger partial charge >= 0.3 is 5.97 Å². The number of carbonyl (C=O) groups excluding carboxylic acids is 1. The van der Waals surface area contributed by atoms with E-state index in [0.717, 1.165) is 5.56 Å². The van der Waals surface area contributed by atoms with Crippen LogP contribution in [0.2, 0.25) is 0 Å². The van der Waals surface area contributed by atoms with Crippen LogP contribution in [0.25, 0.3) is 0 Å². The topological polar surface area (TPSA) is 64.1 Å². The number of methoxy groups -OCH3 is 1. The molecule has 0 atom stereocenters. The van der Waals surface area contributed by atoms with E-state index in [1.54, 1.807) is 12.1 Å². The molecule has 0 aliphatic rings. The van der Waals surface area contributed by atoms with Gasteiger partial charge in [0.15, 0.2) is 5.69 Å². The standard InChI is InChI=1S/C13H12FN3O2/c1-19-13(18)11-7-15-8-12(17-11)16-6-9-2-4-10(14)5-3-9/h2-5,7-8H,6H2,1H3,(H,16,17). The largest absolute Gasteiger partial charge is 0.464 e. The number of benzene rings is 1. The first kappa shape index (κ1) is 12.9. The highest BCUT2D eigenvalue weighted by Gasteiger charge is 2.08. The summed E-state index contributed by atoms with van der Waals surface area (Å²) in [6.45, 7) is 0.458. The van der Waals surface area contributed by atoms with Gasteiger partial charge < -0.3 is 10.1 Å². The first-order valence-corrected chi connectivity index (χ1v) is 5.57. The monoisotopic (exact) mass is 261 g/mol. The van der Waals surface area contributed by atoms with Gasteiger partial charge in [0, 0.05) is 6.54 Å². The van der Waals surface area contributed by atoms with Crippen molar-refractivity contribution < 1.29 is 13.9 Å². The highest BCUT2D eigenvalue weighted by Crippen LogP contribution is 2.07. The summed E-state index contributed by atoms with van der Waals surface area (Å²) in [5.41, 5.74) is 1.03. The Balaban J connectivity index is 2.03. The molecule has 2 rings (SSSR count). The Bertz CT molecular complexity index is 572. The quantitative estimate of drug-likeness (QED) is 0.853. The van der Waals surface area contributed by atoms with Crippen LogP contribution in [-0.2, 0) is 11.3 Å². The van der Waals surface area contributed by atoms with Crippen molar-refractivity contribution in [3.8, 4) is 0 Å². The van der Waals surface area contributed by atoms with Crippen molar-refractivity contribution in [2.24, 2.45) is 0 Å². The Labute approximate surface area is 109 Å². The fraction of sp³-hybridized carbons (Fsp3) is 0.154. The number of anilines is 1. The second-order valence-electron chi connectivity index (χ2n) is 3.76. The number of ether oxygens (including phenoxy) is 1. The molecule has 0 radical (unpaired) electrons. The molecule has 0 saturated heterocycles. The summed E-state index contributed by atoms with van der Waals surface area (Å²) in [6, 6.07) is 6.10. The molecular weight excluding hydrogens is 249 g/mol. The van der Waals surface area contributed by atoms with Crippen LogP contribution in [0.4, 0.5) is 10.2 Å². The smallest absolute Gasteiger partial charge is 0.358 e. The molecule has 0 amide bonds. The predicted octanol–water partition coefficient (Wildman–Crippen LogP) is 2.01. The van der Waals surface area contributed by atoms with Crippen LogP contribution in [0.5, 0.6) is 0 Å². The molecule has 0 aliphatic heterocycles. The summed E-state index contributed by atoms with van der Waals surface area (Å²) in [6.07, 6.45) is 2.82. The van der Waals surface area contributed by atoms with E-state index in [0.29, 0.717) is 12.4 Å². The number of rotatable bonds is 4. The van der Waals surface area contributed by atoms with E-state index in [1.165, 1.54) is 31.6 Å². The van der Waals surface area contributed by atoms with Gasteiger partial charge in [0.25, 0.3) is 0 Å². The third-order valence-corrected chi connectivity index (χ3v) is 2.42. The van der Waals surface area contributed by atoms with Crippen LogP contribution in [0.1, 0.15) is 16.1 Å². The van der Waals surface area contributed by atoms with E-state index < -0.39 is 5.97 Å². The molecule has 1 aromatic heterocycles. The van der Waals surface area contributed by atoms with E-state index in [9.17, 15) is 9.18 Å². The maximum Gasteiger partial charge on any atom is 0.358 e.